The van der Waals surface area contributed by atoms with E-state index in [-0.39, 0.29) is 42.4 Å². The first-order valence-corrected chi connectivity index (χ1v) is 10.6. The van der Waals surface area contributed by atoms with E-state index in [0.717, 1.165) is 25.9 Å². The van der Waals surface area contributed by atoms with Crippen LogP contribution in [0.3, 0.4) is 0 Å². The summed E-state index contributed by atoms with van der Waals surface area (Å²) in [6.45, 7) is 5.90. The fraction of sp³-hybridized carbons (Fsp3) is 0.500. The molecular weight excluding hydrogens is 392 g/mol. The molecule has 9 heteroatoms. The number of likely N-dealkylation sites (tertiary alicyclic amines) is 1. The van der Waals surface area contributed by atoms with Crippen molar-refractivity contribution in [2.24, 2.45) is 5.92 Å². The number of carbonyl (C=O) groups excluding carboxylic acids is 3. The molecule has 0 bridgehead atoms. The minimum absolute atomic E-state index is 0.0674. The number of nitrogens with one attached hydrogen (secondary N) is 1. The topological polar surface area (TPSA) is 95.8 Å². The van der Waals surface area contributed by atoms with Crippen molar-refractivity contribution in [1.29, 1.82) is 0 Å². The first-order chi connectivity index (χ1) is 13.9. The van der Waals surface area contributed by atoms with Crippen LogP contribution in [0.5, 0.6) is 0 Å². The zero-order chi connectivity index (χ0) is 20.8. The quantitative estimate of drug-likeness (QED) is 0.711. The lowest BCUT2D eigenvalue weighted by atomic mass is 10.2. The molecule has 2 aromatic heterocycles. The predicted octanol–water partition coefficient (Wildman–Crippen LogP) is 2.64. The second kappa shape index (κ2) is 9.69. The Morgan fingerprint density at radius 2 is 2.07 bits per heavy atom. The number of hydrogen-bond donors (Lipinski definition) is 1. The second-order valence-electron chi connectivity index (χ2n) is 7.51. The lowest BCUT2D eigenvalue weighted by molar-refractivity contribution is -0.129. The Balaban J connectivity index is 1.56. The fourth-order valence-electron chi connectivity index (χ4n) is 3.23. The van der Waals surface area contributed by atoms with Crippen LogP contribution in [0.2, 0.25) is 0 Å². The third kappa shape index (κ3) is 5.90. The Morgan fingerprint density at radius 3 is 2.72 bits per heavy atom. The van der Waals surface area contributed by atoms with E-state index in [4.69, 9.17) is 4.42 Å². The normalized spacial score (nSPS) is 13.7. The van der Waals surface area contributed by atoms with Gasteiger partial charge in [-0.25, -0.2) is 4.98 Å². The number of rotatable bonds is 8. The highest BCUT2D eigenvalue weighted by atomic mass is 32.1. The summed E-state index contributed by atoms with van der Waals surface area (Å²) in [6.07, 6.45) is 3.77. The smallest absolute Gasteiger partial charge is 0.290 e. The van der Waals surface area contributed by atoms with Gasteiger partial charge in [-0.05, 0) is 30.9 Å². The van der Waals surface area contributed by atoms with Gasteiger partial charge in [-0.3, -0.25) is 14.4 Å². The van der Waals surface area contributed by atoms with Crippen LogP contribution >= 0.6 is 11.3 Å². The van der Waals surface area contributed by atoms with Crippen molar-refractivity contribution >= 4 is 34.2 Å². The summed E-state index contributed by atoms with van der Waals surface area (Å²) < 4.78 is 5.17. The monoisotopic (exact) mass is 418 g/mol. The van der Waals surface area contributed by atoms with Gasteiger partial charge in [-0.2, -0.15) is 0 Å². The molecule has 0 atom stereocenters. The van der Waals surface area contributed by atoms with Crippen LogP contribution in [0.4, 0.5) is 5.13 Å². The number of carbonyl (C=O) groups is 3. The van der Waals surface area contributed by atoms with E-state index in [1.165, 1.54) is 22.5 Å². The number of nitrogens with zero attached hydrogens (tertiary/aromatic N) is 3. The average molecular weight is 419 g/mol. The van der Waals surface area contributed by atoms with Crippen LogP contribution in [0.1, 0.15) is 42.9 Å². The van der Waals surface area contributed by atoms with Crippen LogP contribution < -0.4 is 5.32 Å². The first-order valence-electron chi connectivity index (χ1n) is 9.77. The van der Waals surface area contributed by atoms with E-state index in [2.05, 4.69) is 10.3 Å². The maximum atomic E-state index is 12.6. The molecule has 1 saturated heterocycles. The number of anilines is 1. The molecule has 1 aliphatic heterocycles. The van der Waals surface area contributed by atoms with Crippen molar-refractivity contribution in [2.45, 2.75) is 33.1 Å². The van der Waals surface area contributed by atoms with E-state index in [0.29, 0.717) is 17.4 Å². The van der Waals surface area contributed by atoms with E-state index in [1.54, 1.807) is 17.5 Å². The van der Waals surface area contributed by atoms with Gasteiger partial charge >= 0.3 is 0 Å². The van der Waals surface area contributed by atoms with Crippen molar-refractivity contribution in [1.82, 2.24) is 14.8 Å². The molecule has 0 spiro atoms. The molecule has 1 fully saturated rings. The zero-order valence-electron chi connectivity index (χ0n) is 16.7. The molecule has 0 aromatic carbocycles. The van der Waals surface area contributed by atoms with Crippen molar-refractivity contribution < 1.29 is 18.8 Å². The zero-order valence-corrected chi connectivity index (χ0v) is 17.5. The average Bonchev–Trinajstić information content (AvgIpc) is 3.42. The summed E-state index contributed by atoms with van der Waals surface area (Å²) in [5.41, 5.74) is 0.646. The fourth-order valence-corrected chi connectivity index (χ4v) is 3.95. The minimum Gasteiger partial charge on any atom is -0.459 e. The predicted molar refractivity (Wildman–Crippen MR) is 110 cm³/mol. The first kappa shape index (κ1) is 21.0. The SMILES string of the molecule is CC(C)CN(CC(=O)Nc1nc(CC(=O)N2CCCC2)cs1)C(=O)c1ccco1. The van der Waals surface area contributed by atoms with Gasteiger partial charge in [-0.1, -0.05) is 13.8 Å². The highest BCUT2D eigenvalue weighted by molar-refractivity contribution is 7.13. The van der Waals surface area contributed by atoms with Gasteiger partial charge in [-0.15, -0.1) is 11.3 Å². The van der Waals surface area contributed by atoms with Crippen molar-refractivity contribution in [3.05, 3.63) is 35.2 Å². The Bertz CT molecular complexity index is 841. The summed E-state index contributed by atoms with van der Waals surface area (Å²) in [5, 5.41) is 4.93. The molecule has 156 valence electrons. The summed E-state index contributed by atoms with van der Waals surface area (Å²) in [5.74, 6) is -0.190. The summed E-state index contributed by atoms with van der Waals surface area (Å²) in [7, 11) is 0. The molecule has 2 aromatic rings. The Kier molecular flexibility index (Phi) is 7.03. The summed E-state index contributed by atoms with van der Waals surface area (Å²) in [6, 6.07) is 3.22. The van der Waals surface area contributed by atoms with Crippen molar-refractivity contribution in [3.63, 3.8) is 0 Å². The van der Waals surface area contributed by atoms with Gasteiger partial charge in [0, 0.05) is 25.0 Å². The van der Waals surface area contributed by atoms with Gasteiger partial charge in [0.2, 0.25) is 11.8 Å². The Labute approximate surface area is 173 Å². The molecule has 1 aliphatic rings. The number of amides is 3. The van der Waals surface area contributed by atoms with Crippen LogP contribution in [-0.4, -0.2) is 58.7 Å². The second-order valence-corrected chi connectivity index (χ2v) is 8.37. The third-order valence-corrected chi connectivity index (χ3v) is 5.33. The molecule has 3 heterocycles. The van der Waals surface area contributed by atoms with Gasteiger partial charge in [0.05, 0.1) is 18.4 Å². The molecule has 8 nitrogen and oxygen atoms in total. The Hall–Kier alpha value is -2.68. The van der Waals surface area contributed by atoms with E-state index in [9.17, 15) is 14.4 Å². The summed E-state index contributed by atoms with van der Waals surface area (Å²) in [4.78, 5) is 44.9. The van der Waals surface area contributed by atoms with E-state index >= 15 is 0 Å². The minimum atomic E-state index is -0.336. The molecule has 1 N–H and O–H groups in total. The molecule has 0 unspecified atom stereocenters. The van der Waals surface area contributed by atoms with Gasteiger partial charge in [0.15, 0.2) is 10.9 Å². The molecule has 0 aliphatic carbocycles. The Morgan fingerprint density at radius 1 is 1.31 bits per heavy atom. The molecule has 0 radical (unpaired) electrons. The maximum absolute atomic E-state index is 12.6. The van der Waals surface area contributed by atoms with Crippen molar-refractivity contribution in [2.75, 3.05) is 31.5 Å². The van der Waals surface area contributed by atoms with E-state index in [1.807, 2.05) is 18.7 Å². The third-order valence-electron chi connectivity index (χ3n) is 4.53. The number of hydrogen-bond acceptors (Lipinski definition) is 6. The number of aromatic nitrogens is 1. The van der Waals surface area contributed by atoms with Gasteiger partial charge in [0.25, 0.3) is 5.91 Å². The highest BCUT2D eigenvalue weighted by Crippen LogP contribution is 2.18. The number of furan rings is 1. The standard InChI is InChI=1S/C20H26N4O4S/c1-14(2)11-24(19(27)16-6-5-9-28-16)12-17(25)22-20-21-15(13-29-20)10-18(26)23-7-3-4-8-23/h5-6,9,13-14H,3-4,7-8,10-12H2,1-2H3,(H,21,22,25). The van der Waals surface area contributed by atoms with E-state index < -0.39 is 0 Å². The van der Waals surface area contributed by atoms with Gasteiger partial charge < -0.3 is 19.5 Å². The lowest BCUT2D eigenvalue weighted by Crippen LogP contribution is -2.40. The van der Waals surface area contributed by atoms with Crippen LogP contribution in [0, 0.1) is 5.92 Å². The molecule has 3 rings (SSSR count). The summed E-state index contributed by atoms with van der Waals surface area (Å²) >= 11 is 1.27. The van der Waals surface area contributed by atoms with Gasteiger partial charge in [0.1, 0.15) is 6.54 Å². The largest absolute Gasteiger partial charge is 0.459 e. The van der Waals surface area contributed by atoms with Crippen molar-refractivity contribution in [3.8, 4) is 0 Å². The lowest BCUT2D eigenvalue weighted by Gasteiger charge is -2.22. The maximum Gasteiger partial charge on any atom is 0.290 e. The highest BCUT2D eigenvalue weighted by Gasteiger charge is 2.23. The molecule has 29 heavy (non-hydrogen) atoms. The van der Waals surface area contributed by atoms with Crippen LogP contribution in [0.25, 0.3) is 0 Å². The molecule has 3 amide bonds. The van der Waals surface area contributed by atoms with Crippen LogP contribution in [-0.2, 0) is 16.0 Å². The number of thiazole rings is 1. The molecule has 0 saturated carbocycles. The van der Waals surface area contributed by atoms with Crippen LogP contribution in [0.15, 0.2) is 28.2 Å². The molecular formula is C20H26N4O4S.